The van der Waals surface area contributed by atoms with Crippen molar-refractivity contribution >= 4 is 29.1 Å². The van der Waals surface area contributed by atoms with Gasteiger partial charge in [-0.05, 0) is 42.5 Å². The van der Waals surface area contributed by atoms with Gasteiger partial charge in [-0.3, -0.25) is 14.4 Å². The highest BCUT2D eigenvalue weighted by molar-refractivity contribution is 6.25. The summed E-state index contributed by atoms with van der Waals surface area (Å²) in [7, 11) is 3.04. The molecule has 2 fully saturated rings. The van der Waals surface area contributed by atoms with E-state index in [-0.39, 0.29) is 41.0 Å². The highest BCUT2D eigenvalue weighted by Crippen LogP contribution is 2.53. The Balaban J connectivity index is 1.48. The second kappa shape index (κ2) is 7.27. The van der Waals surface area contributed by atoms with Crippen LogP contribution in [-0.2, 0) is 9.59 Å². The van der Waals surface area contributed by atoms with E-state index in [9.17, 15) is 14.4 Å². The first kappa shape index (κ1) is 19.4. The van der Waals surface area contributed by atoms with E-state index in [1.54, 1.807) is 42.5 Å². The van der Waals surface area contributed by atoms with Crippen LogP contribution in [0.15, 0.2) is 54.6 Å². The fourth-order valence-corrected chi connectivity index (χ4v) is 5.10. The van der Waals surface area contributed by atoms with Gasteiger partial charge in [-0.25, -0.2) is 4.90 Å². The first-order valence-corrected chi connectivity index (χ1v) is 10.2. The first-order valence-electron chi connectivity index (χ1n) is 10.2. The molecule has 4 atom stereocenters. The van der Waals surface area contributed by atoms with E-state index >= 15 is 0 Å². The van der Waals surface area contributed by atoms with E-state index in [4.69, 9.17) is 9.47 Å². The molecule has 1 saturated heterocycles. The number of fused-ring (bicyclic) bond motifs is 5. The summed E-state index contributed by atoms with van der Waals surface area (Å²) < 4.78 is 10.6. The molecule has 2 aromatic carbocycles. The predicted molar refractivity (Wildman–Crippen MR) is 114 cm³/mol. The van der Waals surface area contributed by atoms with Gasteiger partial charge in [0.2, 0.25) is 11.8 Å². The Labute approximate surface area is 179 Å². The SMILES string of the molecule is COc1ccc(OC)c(NC(=O)c2ccccc2N2C(=O)[C@@H]3[C@@H](C2=O)[C@H]2C=C[C@@H]3C2)c1. The molecule has 1 N–H and O–H groups in total. The molecule has 1 aliphatic heterocycles. The van der Waals surface area contributed by atoms with Gasteiger partial charge in [0, 0.05) is 6.07 Å². The van der Waals surface area contributed by atoms with Crippen LogP contribution in [0.2, 0.25) is 0 Å². The van der Waals surface area contributed by atoms with Gasteiger partial charge in [-0.2, -0.15) is 0 Å². The first-order chi connectivity index (χ1) is 15.0. The zero-order valence-corrected chi connectivity index (χ0v) is 17.2. The molecule has 2 aromatic rings. The van der Waals surface area contributed by atoms with E-state index in [2.05, 4.69) is 5.32 Å². The Hall–Kier alpha value is -3.61. The molecule has 0 spiro atoms. The molecule has 2 aliphatic carbocycles. The molecule has 7 nitrogen and oxygen atoms in total. The lowest BCUT2D eigenvalue weighted by Gasteiger charge is -2.20. The summed E-state index contributed by atoms with van der Waals surface area (Å²) in [5.74, 6) is -0.272. The number of allylic oxidation sites excluding steroid dienone is 2. The summed E-state index contributed by atoms with van der Waals surface area (Å²) in [4.78, 5) is 40.8. The Morgan fingerprint density at radius 1 is 0.968 bits per heavy atom. The molecule has 0 radical (unpaired) electrons. The molecule has 7 heteroatoms. The average molecular weight is 418 g/mol. The number of benzene rings is 2. The second-order valence-electron chi connectivity index (χ2n) is 8.05. The molecule has 1 saturated carbocycles. The number of carbonyl (C=O) groups is 3. The standard InChI is InChI=1S/C24H22N2O5/c1-30-15-9-10-19(31-2)17(12-15)25-22(27)16-5-3-4-6-18(16)26-23(28)20-13-7-8-14(11-13)21(20)24(26)29/h3-10,12-14,20-21H,11H2,1-2H3,(H,25,27)/t13-,14+,20-,21-/m0/s1. The van der Waals surface area contributed by atoms with Crippen LogP contribution in [0, 0.1) is 23.7 Å². The van der Waals surface area contributed by atoms with Gasteiger partial charge in [0.1, 0.15) is 11.5 Å². The van der Waals surface area contributed by atoms with Crippen molar-refractivity contribution < 1.29 is 23.9 Å². The number of hydrogen-bond acceptors (Lipinski definition) is 5. The third-order valence-corrected chi connectivity index (χ3v) is 6.51. The number of para-hydroxylation sites is 1. The van der Waals surface area contributed by atoms with Crippen LogP contribution in [0.3, 0.4) is 0 Å². The van der Waals surface area contributed by atoms with Crippen LogP contribution in [0.1, 0.15) is 16.8 Å². The third-order valence-electron chi connectivity index (χ3n) is 6.51. The van der Waals surface area contributed by atoms with Crippen LogP contribution < -0.4 is 19.7 Å². The number of methoxy groups -OCH3 is 2. The molecule has 1 heterocycles. The number of ether oxygens (including phenoxy) is 2. The molecule has 3 amide bonds. The largest absolute Gasteiger partial charge is 0.497 e. The van der Waals surface area contributed by atoms with E-state index in [0.29, 0.717) is 22.9 Å². The Morgan fingerprint density at radius 2 is 1.65 bits per heavy atom. The smallest absolute Gasteiger partial charge is 0.257 e. The van der Waals surface area contributed by atoms with Gasteiger partial charge >= 0.3 is 0 Å². The lowest BCUT2D eigenvalue weighted by atomic mass is 9.85. The maximum Gasteiger partial charge on any atom is 0.257 e. The highest BCUT2D eigenvalue weighted by Gasteiger charge is 2.59. The zero-order valence-electron chi connectivity index (χ0n) is 17.2. The Morgan fingerprint density at radius 3 is 2.29 bits per heavy atom. The van der Waals surface area contributed by atoms with Crippen LogP contribution in [0.4, 0.5) is 11.4 Å². The normalized spacial score (nSPS) is 25.7. The van der Waals surface area contributed by atoms with Crippen molar-refractivity contribution in [2.75, 3.05) is 24.4 Å². The van der Waals surface area contributed by atoms with Crippen molar-refractivity contribution in [2.45, 2.75) is 6.42 Å². The van der Waals surface area contributed by atoms with Gasteiger partial charge in [0.05, 0.1) is 43.0 Å². The minimum absolute atomic E-state index is 0.110. The third kappa shape index (κ3) is 2.91. The summed E-state index contributed by atoms with van der Waals surface area (Å²) in [6.07, 6.45) is 4.96. The average Bonchev–Trinajstić information content (AvgIpc) is 3.47. The van der Waals surface area contributed by atoms with Crippen molar-refractivity contribution in [3.63, 3.8) is 0 Å². The summed E-state index contributed by atoms with van der Waals surface area (Å²) >= 11 is 0. The summed E-state index contributed by atoms with van der Waals surface area (Å²) in [6.45, 7) is 0. The van der Waals surface area contributed by atoms with Gasteiger partial charge in [0.15, 0.2) is 0 Å². The fraction of sp³-hybridized carbons (Fsp3) is 0.292. The molecule has 5 rings (SSSR count). The molecule has 158 valence electrons. The molecule has 0 aromatic heterocycles. The van der Waals surface area contributed by atoms with E-state index < -0.39 is 5.91 Å². The molecule has 0 unspecified atom stereocenters. The molecule has 3 aliphatic rings. The number of nitrogens with one attached hydrogen (secondary N) is 1. The van der Waals surface area contributed by atoms with Gasteiger partial charge in [-0.15, -0.1) is 0 Å². The highest BCUT2D eigenvalue weighted by atomic mass is 16.5. The van der Waals surface area contributed by atoms with Crippen molar-refractivity contribution in [3.8, 4) is 11.5 Å². The topological polar surface area (TPSA) is 84.9 Å². The summed E-state index contributed by atoms with van der Waals surface area (Å²) in [5.41, 5.74) is 0.986. The van der Waals surface area contributed by atoms with Gasteiger partial charge in [-0.1, -0.05) is 24.3 Å². The fourth-order valence-electron chi connectivity index (χ4n) is 5.10. The predicted octanol–water partition coefficient (Wildman–Crippen LogP) is 3.27. The minimum atomic E-state index is -0.444. The van der Waals surface area contributed by atoms with Crippen LogP contribution in [0.5, 0.6) is 11.5 Å². The lowest BCUT2D eigenvalue weighted by Crippen LogP contribution is -2.34. The maximum atomic E-state index is 13.2. The Kier molecular flexibility index (Phi) is 4.54. The second-order valence-corrected chi connectivity index (χ2v) is 8.05. The van der Waals surface area contributed by atoms with Gasteiger partial charge in [0.25, 0.3) is 5.91 Å². The van der Waals surface area contributed by atoms with Gasteiger partial charge < -0.3 is 14.8 Å². The van der Waals surface area contributed by atoms with Crippen molar-refractivity contribution in [1.29, 1.82) is 0 Å². The van der Waals surface area contributed by atoms with E-state index in [0.717, 1.165) is 6.42 Å². The number of rotatable bonds is 5. The van der Waals surface area contributed by atoms with Crippen molar-refractivity contribution in [1.82, 2.24) is 0 Å². The van der Waals surface area contributed by atoms with Crippen LogP contribution >= 0.6 is 0 Å². The monoisotopic (exact) mass is 418 g/mol. The summed E-state index contributed by atoms with van der Waals surface area (Å²) in [6, 6.07) is 11.8. The Bertz CT molecular complexity index is 1090. The molecular weight excluding hydrogens is 396 g/mol. The van der Waals surface area contributed by atoms with E-state index in [1.165, 1.54) is 19.1 Å². The van der Waals surface area contributed by atoms with Crippen molar-refractivity contribution in [3.05, 3.63) is 60.2 Å². The molecular formula is C24H22N2O5. The molecule has 2 bridgehead atoms. The minimum Gasteiger partial charge on any atom is -0.497 e. The number of imide groups is 1. The summed E-state index contributed by atoms with van der Waals surface area (Å²) in [5, 5.41) is 2.82. The quantitative estimate of drug-likeness (QED) is 0.595. The van der Waals surface area contributed by atoms with Crippen LogP contribution in [0.25, 0.3) is 0 Å². The number of hydrogen-bond donors (Lipinski definition) is 1. The molecule has 31 heavy (non-hydrogen) atoms. The number of amides is 3. The zero-order chi connectivity index (χ0) is 21.7. The maximum absolute atomic E-state index is 13.2. The van der Waals surface area contributed by atoms with Crippen molar-refractivity contribution in [2.24, 2.45) is 23.7 Å². The lowest BCUT2D eigenvalue weighted by molar-refractivity contribution is -0.123. The number of carbonyl (C=O) groups excluding carboxylic acids is 3. The van der Waals surface area contributed by atoms with E-state index in [1.807, 2.05) is 12.2 Å². The van der Waals surface area contributed by atoms with Crippen LogP contribution in [-0.4, -0.2) is 31.9 Å². The number of nitrogens with zero attached hydrogens (tertiary/aromatic N) is 1. The number of anilines is 2.